The van der Waals surface area contributed by atoms with Crippen LogP contribution in [0.3, 0.4) is 0 Å². The summed E-state index contributed by atoms with van der Waals surface area (Å²) < 4.78 is 6.78. The van der Waals surface area contributed by atoms with Crippen LogP contribution in [0, 0.1) is 0 Å². The summed E-state index contributed by atoms with van der Waals surface area (Å²) in [7, 11) is 0. The number of aromatic nitrogens is 3. The molecule has 0 saturated heterocycles. The lowest BCUT2D eigenvalue weighted by atomic mass is 10.3. The third kappa shape index (κ3) is 3.59. The van der Waals surface area contributed by atoms with Crippen molar-refractivity contribution in [1.82, 2.24) is 14.9 Å². The highest BCUT2D eigenvalue weighted by molar-refractivity contribution is 6.35. The average molecular weight is 301 g/mol. The Bertz CT molecular complexity index is 574. The van der Waals surface area contributed by atoms with Gasteiger partial charge in [-0.2, -0.15) is 0 Å². The van der Waals surface area contributed by atoms with E-state index in [1.165, 1.54) is 17.3 Å². The molecule has 2 rings (SSSR count). The number of carbonyl (C=O) groups is 1. The van der Waals surface area contributed by atoms with Crippen LogP contribution in [0.5, 0.6) is 5.75 Å². The van der Waals surface area contributed by atoms with Gasteiger partial charge in [-0.3, -0.25) is 10.2 Å². The van der Waals surface area contributed by atoms with Gasteiger partial charge < -0.3 is 4.74 Å². The zero-order valence-corrected chi connectivity index (χ0v) is 11.4. The van der Waals surface area contributed by atoms with Crippen molar-refractivity contribution in [3.8, 4) is 5.75 Å². The zero-order chi connectivity index (χ0) is 13.8. The third-order valence-corrected chi connectivity index (χ3v) is 2.76. The Morgan fingerprint density at radius 1 is 1.37 bits per heavy atom. The van der Waals surface area contributed by atoms with Crippen LogP contribution in [0.15, 0.2) is 30.9 Å². The number of amides is 1. The number of nitrogens with zero attached hydrogens (tertiary/aromatic N) is 3. The molecule has 1 aromatic carbocycles. The van der Waals surface area contributed by atoms with E-state index in [0.29, 0.717) is 15.8 Å². The minimum atomic E-state index is -0.735. The SMILES string of the molecule is C[C@@H](Oc1ccc(Cl)cc1Cl)C(=O)Nn1cnnc1. The lowest BCUT2D eigenvalue weighted by molar-refractivity contribution is -0.123. The van der Waals surface area contributed by atoms with Crippen molar-refractivity contribution in [3.05, 3.63) is 40.9 Å². The van der Waals surface area contributed by atoms with E-state index in [-0.39, 0.29) is 5.91 Å². The van der Waals surface area contributed by atoms with Crippen LogP contribution in [-0.4, -0.2) is 26.9 Å². The number of hydrogen-bond acceptors (Lipinski definition) is 4. The fraction of sp³-hybridized carbons (Fsp3) is 0.182. The van der Waals surface area contributed by atoms with Gasteiger partial charge in [0.25, 0.3) is 5.91 Å². The molecule has 0 aliphatic heterocycles. The Morgan fingerprint density at radius 3 is 2.68 bits per heavy atom. The van der Waals surface area contributed by atoms with Gasteiger partial charge in [0.15, 0.2) is 6.10 Å². The molecule has 0 fully saturated rings. The van der Waals surface area contributed by atoms with Crippen LogP contribution < -0.4 is 10.2 Å². The summed E-state index contributed by atoms with van der Waals surface area (Å²) in [6.07, 6.45) is 1.99. The maximum atomic E-state index is 11.8. The van der Waals surface area contributed by atoms with Crippen molar-refractivity contribution in [2.75, 3.05) is 5.43 Å². The Hall–Kier alpha value is -1.79. The van der Waals surface area contributed by atoms with Gasteiger partial charge in [-0.25, -0.2) is 4.68 Å². The molecule has 0 aliphatic rings. The Balaban J connectivity index is 2.00. The molecule has 0 unspecified atom stereocenters. The van der Waals surface area contributed by atoms with Gasteiger partial charge in [0.2, 0.25) is 0 Å². The molecule has 2 aromatic rings. The summed E-state index contributed by atoms with van der Waals surface area (Å²) in [6, 6.07) is 4.78. The molecule has 1 atom stereocenters. The largest absolute Gasteiger partial charge is 0.479 e. The monoisotopic (exact) mass is 300 g/mol. The molecular formula is C11H10Cl2N4O2. The van der Waals surface area contributed by atoms with Crippen LogP contribution >= 0.6 is 23.2 Å². The molecule has 19 heavy (non-hydrogen) atoms. The first-order chi connectivity index (χ1) is 9.06. The highest BCUT2D eigenvalue weighted by atomic mass is 35.5. The molecule has 1 amide bonds. The quantitative estimate of drug-likeness (QED) is 0.939. The van der Waals surface area contributed by atoms with E-state index in [4.69, 9.17) is 27.9 Å². The lowest BCUT2D eigenvalue weighted by Gasteiger charge is -2.15. The number of rotatable bonds is 4. The van der Waals surface area contributed by atoms with E-state index in [9.17, 15) is 4.79 Å². The second-order valence-electron chi connectivity index (χ2n) is 3.68. The predicted molar refractivity (Wildman–Crippen MR) is 70.9 cm³/mol. The Kier molecular flexibility index (Phi) is 4.24. The van der Waals surface area contributed by atoms with Gasteiger partial charge in [0.1, 0.15) is 18.4 Å². The highest BCUT2D eigenvalue weighted by Gasteiger charge is 2.16. The molecule has 8 heteroatoms. The number of nitrogens with one attached hydrogen (secondary N) is 1. The fourth-order valence-electron chi connectivity index (χ4n) is 1.29. The van der Waals surface area contributed by atoms with Crippen LogP contribution in [0.4, 0.5) is 0 Å². The van der Waals surface area contributed by atoms with Gasteiger partial charge in [0, 0.05) is 5.02 Å². The van der Waals surface area contributed by atoms with Crippen LogP contribution in [0.25, 0.3) is 0 Å². The molecule has 0 saturated carbocycles. The summed E-state index contributed by atoms with van der Waals surface area (Å²) in [4.78, 5) is 11.8. The van der Waals surface area contributed by atoms with Crippen molar-refractivity contribution in [2.45, 2.75) is 13.0 Å². The van der Waals surface area contributed by atoms with E-state index < -0.39 is 6.10 Å². The van der Waals surface area contributed by atoms with Gasteiger partial charge in [-0.05, 0) is 25.1 Å². The summed E-state index contributed by atoms with van der Waals surface area (Å²) in [5, 5.41) is 7.97. The highest BCUT2D eigenvalue weighted by Crippen LogP contribution is 2.28. The topological polar surface area (TPSA) is 69.0 Å². The van der Waals surface area contributed by atoms with Crippen molar-refractivity contribution >= 4 is 29.1 Å². The van der Waals surface area contributed by atoms with Gasteiger partial charge in [0.05, 0.1) is 5.02 Å². The summed E-state index contributed by atoms with van der Waals surface area (Å²) in [5.74, 6) is 0.0308. The maximum absolute atomic E-state index is 11.8. The van der Waals surface area contributed by atoms with E-state index in [0.717, 1.165) is 0 Å². The van der Waals surface area contributed by atoms with E-state index in [1.807, 2.05) is 0 Å². The number of hydrogen-bond donors (Lipinski definition) is 1. The molecule has 0 spiro atoms. The first kappa shape index (κ1) is 13.6. The average Bonchev–Trinajstić information content (AvgIpc) is 2.85. The molecule has 0 bridgehead atoms. The standard InChI is InChI=1S/C11H10Cl2N4O2/c1-7(11(18)16-17-5-14-15-6-17)19-10-3-2-8(12)4-9(10)13/h2-7H,1H3,(H,16,18)/t7-/m1/s1. The molecule has 100 valence electrons. The van der Waals surface area contributed by atoms with Crippen molar-refractivity contribution in [1.29, 1.82) is 0 Å². The predicted octanol–water partition coefficient (Wildman–Crippen LogP) is 2.12. The van der Waals surface area contributed by atoms with Crippen molar-refractivity contribution in [3.63, 3.8) is 0 Å². The van der Waals surface area contributed by atoms with Gasteiger partial charge in [-0.1, -0.05) is 23.2 Å². The number of ether oxygens (including phenoxy) is 1. The zero-order valence-electron chi connectivity index (χ0n) is 9.88. The first-order valence-corrected chi connectivity index (χ1v) is 6.09. The van der Waals surface area contributed by atoms with E-state index in [1.54, 1.807) is 25.1 Å². The molecule has 1 aromatic heterocycles. The first-order valence-electron chi connectivity index (χ1n) is 5.33. The van der Waals surface area contributed by atoms with Gasteiger partial charge in [-0.15, -0.1) is 10.2 Å². The third-order valence-electron chi connectivity index (χ3n) is 2.22. The van der Waals surface area contributed by atoms with Crippen LogP contribution in [0.1, 0.15) is 6.92 Å². The number of halogens is 2. The Labute approximate surface area is 119 Å². The summed E-state index contributed by atoms with van der Waals surface area (Å²) in [5.41, 5.74) is 2.53. The second-order valence-corrected chi connectivity index (χ2v) is 4.52. The van der Waals surface area contributed by atoms with E-state index in [2.05, 4.69) is 15.6 Å². The van der Waals surface area contributed by atoms with Crippen molar-refractivity contribution < 1.29 is 9.53 Å². The minimum Gasteiger partial charge on any atom is -0.479 e. The van der Waals surface area contributed by atoms with Crippen molar-refractivity contribution in [2.24, 2.45) is 0 Å². The minimum absolute atomic E-state index is 0.344. The smallest absolute Gasteiger partial charge is 0.279 e. The molecule has 6 nitrogen and oxygen atoms in total. The van der Waals surface area contributed by atoms with Gasteiger partial charge >= 0.3 is 0 Å². The second kappa shape index (κ2) is 5.90. The fourth-order valence-corrected chi connectivity index (χ4v) is 1.74. The normalized spacial score (nSPS) is 11.9. The Morgan fingerprint density at radius 2 is 2.05 bits per heavy atom. The summed E-state index contributed by atoms with van der Waals surface area (Å²) >= 11 is 11.7. The molecular weight excluding hydrogens is 291 g/mol. The lowest BCUT2D eigenvalue weighted by Crippen LogP contribution is -2.34. The van der Waals surface area contributed by atoms with E-state index >= 15 is 0 Å². The summed E-state index contributed by atoms with van der Waals surface area (Å²) in [6.45, 7) is 1.60. The van der Waals surface area contributed by atoms with Crippen LogP contribution in [0.2, 0.25) is 10.0 Å². The van der Waals surface area contributed by atoms with Crippen LogP contribution in [-0.2, 0) is 4.79 Å². The number of carbonyl (C=O) groups excluding carboxylic acids is 1. The molecule has 0 aliphatic carbocycles. The number of benzene rings is 1. The maximum Gasteiger partial charge on any atom is 0.279 e. The molecule has 0 radical (unpaired) electrons. The molecule has 1 N–H and O–H groups in total. The molecule has 1 heterocycles.